The monoisotopic (exact) mass is 519 g/mol. The third-order valence-electron chi connectivity index (χ3n) is 6.84. The molecule has 3 amide bonds. The smallest absolute Gasteiger partial charge is 0.292 e. The van der Waals surface area contributed by atoms with Crippen molar-refractivity contribution >= 4 is 23.4 Å². The van der Waals surface area contributed by atoms with E-state index in [9.17, 15) is 24.5 Å². The molecule has 4 heterocycles. The number of amides is 3. The second-order valence-electron chi connectivity index (χ2n) is 9.10. The molecule has 1 spiro atoms. The lowest BCUT2D eigenvalue weighted by molar-refractivity contribution is -0.384. The van der Waals surface area contributed by atoms with Crippen molar-refractivity contribution in [3.05, 3.63) is 94.2 Å². The van der Waals surface area contributed by atoms with E-state index in [0.717, 1.165) is 5.56 Å². The predicted octanol–water partition coefficient (Wildman–Crippen LogP) is 2.37. The highest BCUT2D eigenvalue weighted by molar-refractivity contribution is 5.97. The van der Waals surface area contributed by atoms with E-state index < -0.39 is 22.6 Å². The summed E-state index contributed by atoms with van der Waals surface area (Å²) >= 11 is 0. The topological polar surface area (TPSA) is 148 Å². The van der Waals surface area contributed by atoms with Crippen molar-refractivity contribution in [3.63, 3.8) is 0 Å². The largest absolute Gasteiger partial charge is 0.459 e. The first-order valence-electron chi connectivity index (χ1n) is 12.1. The molecule has 0 saturated carbocycles. The van der Waals surface area contributed by atoms with Crippen LogP contribution in [0.5, 0.6) is 0 Å². The van der Waals surface area contributed by atoms with Crippen LogP contribution in [-0.4, -0.2) is 68.9 Å². The maximum absolute atomic E-state index is 13.5. The van der Waals surface area contributed by atoms with Crippen molar-refractivity contribution in [3.8, 4) is 0 Å². The van der Waals surface area contributed by atoms with Crippen LogP contribution in [0.25, 0.3) is 0 Å². The van der Waals surface area contributed by atoms with Gasteiger partial charge in [0.2, 0.25) is 5.91 Å². The Morgan fingerprint density at radius 2 is 1.92 bits per heavy atom. The summed E-state index contributed by atoms with van der Waals surface area (Å²) < 4.78 is 11.5. The quantitative estimate of drug-likeness (QED) is 0.386. The number of nitro groups is 1. The van der Waals surface area contributed by atoms with Gasteiger partial charge in [0.25, 0.3) is 17.5 Å². The van der Waals surface area contributed by atoms with Crippen molar-refractivity contribution < 1.29 is 28.5 Å². The van der Waals surface area contributed by atoms with Gasteiger partial charge in [-0.2, -0.15) is 0 Å². The zero-order chi connectivity index (χ0) is 26.7. The molecule has 12 nitrogen and oxygen atoms in total. The van der Waals surface area contributed by atoms with Gasteiger partial charge in [0.15, 0.2) is 5.76 Å². The molecule has 5 rings (SSSR count). The van der Waals surface area contributed by atoms with E-state index in [-0.39, 0.29) is 67.9 Å². The Hall–Kier alpha value is -4.58. The summed E-state index contributed by atoms with van der Waals surface area (Å²) in [5, 5.41) is 14.0. The zero-order valence-corrected chi connectivity index (χ0v) is 20.3. The van der Waals surface area contributed by atoms with Crippen molar-refractivity contribution in [2.45, 2.75) is 31.2 Å². The molecule has 196 valence electrons. The molecule has 1 aromatic carbocycles. The van der Waals surface area contributed by atoms with E-state index in [2.05, 4.69) is 10.3 Å². The number of carbonyl (C=O) groups is 3. The minimum Gasteiger partial charge on any atom is -0.459 e. The molecule has 2 aliphatic heterocycles. The summed E-state index contributed by atoms with van der Waals surface area (Å²) in [6, 6.07) is 11.4. The van der Waals surface area contributed by atoms with Crippen LogP contribution in [0.3, 0.4) is 0 Å². The van der Waals surface area contributed by atoms with Gasteiger partial charge in [-0.3, -0.25) is 34.4 Å². The Balaban J connectivity index is 1.33. The minimum absolute atomic E-state index is 0.00977. The Labute approximate surface area is 217 Å². The summed E-state index contributed by atoms with van der Waals surface area (Å²) in [7, 11) is 0. The molecule has 2 fully saturated rings. The molecule has 0 bridgehead atoms. The number of ether oxygens (including phenoxy) is 1. The zero-order valence-electron chi connectivity index (χ0n) is 20.3. The molecule has 2 saturated heterocycles. The molecular weight excluding hydrogens is 494 g/mol. The summed E-state index contributed by atoms with van der Waals surface area (Å²) in [5.41, 5.74) is -0.261. The van der Waals surface area contributed by atoms with Crippen molar-refractivity contribution in [1.29, 1.82) is 0 Å². The Morgan fingerprint density at radius 3 is 2.61 bits per heavy atom. The minimum atomic E-state index is -1.11. The molecule has 0 radical (unpaired) electrons. The number of nitro benzene ring substituents is 1. The number of rotatable bonds is 6. The Kier molecular flexibility index (Phi) is 6.88. The van der Waals surface area contributed by atoms with Crippen LogP contribution < -0.4 is 5.32 Å². The van der Waals surface area contributed by atoms with Crippen molar-refractivity contribution in [2.75, 3.05) is 19.7 Å². The third-order valence-corrected chi connectivity index (χ3v) is 6.84. The second kappa shape index (κ2) is 10.4. The molecule has 1 unspecified atom stereocenters. The van der Waals surface area contributed by atoms with Gasteiger partial charge in [0, 0.05) is 62.6 Å². The first-order chi connectivity index (χ1) is 18.4. The van der Waals surface area contributed by atoms with Gasteiger partial charge < -0.3 is 19.4 Å². The van der Waals surface area contributed by atoms with Gasteiger partial charge in [-0.25, -0.2) is 0 Å². The number of aromatic nitrogens is 1. The lowest BCUT2D eigenvalue weighted by Gasteiger charge is -2.44. The number of nitrogens with one attached hydrogen (secondary N) is 1. The summed E-state index contributed by atoms with van der Waals surface area (Å²) in [6.45, 7) is 0.690. The maximum atomic E-state index is 13.5. The molecule has 3 aromatic rings. The van der Waals surface area contributed by atoms with E-state index in [1.54, 1.807) is 29.4 Å². The fourth-order valence-corrected chi connectivity index (χ4v) is 4.89. The first-order valence-corrected chi connectivity index (χ1v) is 12.1. The third kappa shape index (κ3) is 4.85. The summed E-state index contributed by atoms with van der Waals surface area (Å²) in [6.07, 6.45) is 5.18. The van der Waals surface area contributed by atoms with E-state index in [0.29, 0.717) is 0 Å². The summed E-state index contributed by atoms with van der Waals surface area (Å²) in [5.74, 6) is -1.13. The lowest BCUT2D eigenvalue weighted by Crippen LogP contribution is -2.59. The SMILES string of the molecule is O=C(NCc1cccnc1)C1COC2(CCN(C(=O)c3cccc([N+](=O)[O-])c3)CC2)N1C(=O)c1ccco1. The van der Waals surface area contributed by atoms with Crippen LogP contribution >= 0.6 is 0 Å². The number of hydrogen-bond acceptors (Lipinski definition) is 8. The number of benzene rings is 1. The van der Waals surface area contributed by atoms with E-state index in [4.69, 9.17) is 9.15 Å². The summed E-state index contributed by atoms with van der Waals surface area (Å²) in [4.78, 5) is 57.4. The van der Waals surface area contributed by atoms with E-state index in [1.165, 1.54) is 41.5 Å². The molecule has 1 atom stereocenters. The Bertz CT molecular complexity index is 1340. The predicted molar refractivity (Wildman–Crippen MR) is 132 cm³/mol. The fourth-order valence-electron chi connectivity index (χ4n) is 4.89. The molecule has 0 aliphatic carbocycles. The number of likely N-dealkylation sites (tertiary alicyclic amines) is 1. The number of piperidine rings is 1. The number of non-ortho nitro benzene ring substituents is 1. The second-order valence-corrected chi connectivity index (χ2v) is 9.10. The van der Waals surface area contributed by atoms with Crippen LogP contribution in [0.15, 0.2) is 71.6 Å². The van der Waals surface area contributed by atoms with Crippen molar-refractivity contribution in [2.24, 2.45) is 0 Å². The average Bonchev–Trinajstić information content (AvgIpc) is 3.61. The Morgan fingerprint density at radius 1 is 1.11 bits per heavy atom. The van der Waals surface area contributed by atoms with Gasteiger partial charge in [-0.1, -0.05) is 12.1 Å². The molecule has 1 N–H and O–H groups in total. The highest BCUT2D eigenvalue weighted by Gasteiger charge is 2.54. The van der Waals surface area contributed by atoms with Crippen LogP contribution in [-0.2, 0) is 16.1 Å². The van der Waals surface area contributed by atoms with Gasteiger partial charge in [0.05, 0.1) is 17.8 Å². The standard InChI is InChI=1S/C26H25N5O7/c32-23(28-16-18-4-2-10-27-15-18)21-17-38-26(30(21)25(34)22-7-3-13-37-22)8-11-29(12-9-26)24(33)19-5-1-6-20(14-19)31(35)36/h1-7,10,13-15,21H,8-9,11-12,16-17H2,(H,28,32). The van der Waals surface area contributed by atoms with E-state index in [1.807, 2.05) is 6.07 Å². The van der Waals surface area contributed by atoms with Gasteiger partial charge in [-0.15, -0.1) is 0 Å². The number of carbonyl (C=O) groups excluding carboxylic acids is 3. The number of hydrogen-bond donors (Lipinski definition) is 1. The van der Waals surface area contributed by atoms with Gasteiger partial charge in [0.1, 0.15) is 11.8 Å². The van der Waals surface area contributed by atoms with Gasteiger partial charge >= 0.3 is 0 Å². The maximum Gasteiger partial charge on any atom is 0.292 e. The highest BCUT2D eigenvalue weighted by Crippen LogP contribution is 2.39. The van der Waals surface area contributed by atoms with Gasteiger partial charge in [-0.05, 0) is 29.8 Å². The number of nitrogens with zero attached hydrogens (tertiary/aromatic N) is 4. The average molecular weight is 520 g/mol. The van der Waals surface area contributed by atoms with Crippen LogP contribution in [0, 0.1) is 10.1 Å². The van der Waals surface area contributed by atoms with Crippen molar-refractivity contribution in [1.82, 2.24) is 20.1 Å². The molecule has 12 heteroatoms. The fraction of sp³-hybridized carbons (Fsp3) is 0.308. The van der Waals surface area contributed by atoms with Crippen LogP contribution in [0.1, 0.15) is 39.3 Å². The van der Waals surface area contributed by atoms with Crippen LogP contribution in [0.4, 0.5) is 5.69 Å². The molecular formula is C26H25N5O7. The van der Waals surface area contributed by atoms with E-state index >= 15 is 0 Å². The number of pyridine rings is 1. The molecule has 2 aromatic heterocycles. The first kappa shape index (κ1) is 25.1. The molecule has 38 heavy (non-hydrogen) atoms. The van der Waals surface area contributed by atoms with Crippen LogP contribution in [0.2, 0.25) is 0 Å². The highest BCUT2D eigenvalue weighted by atomic mass is 16.6. The lowest BCUT2D eigenvalue weighted by atomic mass is 9.96. The number of furan rings is 1. The normalized spacial score (nSPS) is 18.4. The molecule has 2 aliphatic rings.